The first-order valence-corrected chi connectivity index (χ1v) is 7.16. The Morgan fingerprint density at radius 2 is 2.05 bits per heavy atom. The Hall–Kier alpha value is -1.36. The predicted molar refractivity (Wildman–Crippen MR) is 74.6 cm³/mol. The summed E-state index contributed by atoms with van der Waals surface area (Å²) < 4.78 is 1.78. The molecule has 1 saturated heterocycles. The molecule has 2 rings (SSSR count). The lowest BCUT2D eigenvalue weighted by atomic mass is 10.2. The maximum atomic E-state index is 12.3. The molecule has 19 heavy (non-hydrogen) atoms. The molecule has 1 atom stereocenters. The van der Waals surface area contributed by atoms with Crippen molar-refractivity contribution >= 4 is 5.91 Å². The first kappa shape index (κ1) is 14.1. The van der Waals surface area contributed by atoms with E-state index in [1.54, 1.807) is 4.68 Å². The smallest absolute Gasteiger partial charge is 0.239 e. The number of aromatic nitrogens is 2. The Kier molecular flexibility index (Phi) is 4.96. The lowest BCUT2D eigenvalue weighted by Gasteiger charge is -2.24. The number of aryl methyl sites for hydroxylation is 1. The monoisotopic (exact) mass is 264 g/mol. The van der Waals surface area contributed by atoms with Gasteiger partial charge in [-0.05, 0) is 19.8 Å². The van der Waals surface area contributed by atoms with Crippen LogP contribution in [0, 0.1) is 0 Å². The molecular formula is C14H24N4O. The molecule has 0 bridgehead atoms. The van der Waals surface area contributed by atoms with E-state index in [4.69, 9.17) is 0 Å². The summed E-state index contributed by atoms with van der Waals surface area (Å²) in [6, 6.07) is -0.127. The zero-order valence-corrected chi connectivity index (χ0v) is 11.9. The minimum Gasteiger partial charge on any atom is -0.341 e. The zero-order valence-electron chi connectivity index (χ0n) is 11.9. The average molecular weight is 264 g/mol. The maximum absolute atomic E-state index is 12.3. The molecular weight excluding hydrogens is 240 g/mol. The van der Waals surface area contributed by atoms with E-state index in [-0.39, 0.29) is 11.9 Å². The standard InChI is InChI=1S/C14H24N4O/c1-12(15-9-13-10-16-17(2)11-13)14(19)18-7-5-3-4-6-8-18/h10-12,15H,3-9H2,1-2H3. The van der Waals surface area contributed by atoms with Gasteiger partial charge in [-0.15, -0.1) is 0 Å². The van der Waals surface area contributed by atoms with Gasteiger partial charge in [0.1, 0.15) is 0 Å². The van der Waals surface area contributed by atoms with Crippen LogP contribution in [0.3, 0.4) is 0 Å². The number of hydrogen-bond donors (Lipinski definition) is 1. The minimum absolute atomic E-state index is 0.127. The fourth-order valence-electron chi connectivity index (χ4n) is 2.49. The number of nitrogens with one attached hydrogen (secondary N) is 1. The second kappa shape index (κ2) is 6.70. The summed E-state index contributed by atoms with van der Waals surface area (Å²) in [6.07, 6.45) is 8.58. The fraction of sp³-hybridized carbons (Fsp3) is 0.714. The molecule has 2 heterocycles. The fourth-order valence-corrected chi connectivity index (χ4v) is 2.49. The Morgan fingerprint density at radius 1 is 1.37 bits per heavy atom. The van der Waals surface area contributed by atoms with E-state index >= 15 is 0 Å². The number of carbonyl (C=O) groups excluding carboxylic acids is 1. The van der Waals surface area contributed by atoms with Gasteiger partial charge >= 0.3 is 0 Å². The molecule has 5 nitrogen and oxygen atoms in total. The molecule has 0 radical (unpaired) electrons. The molecule has 1 amide bonds. The van der Waals surface area contributed by atoms with Gasteiger partial charge in [-0.1, -0.05) is 12.8 Å². The van der Waals surface area contributed by atoms with E-state index in [1.165, 1.54) is 12.8 Å². The lowest BCUT2D eigenvalue weighted by molar-refractivity contribution is -0.133. The van der Waals surface area contributed by atoms with Crippen molar-refractivity contribution in [3.63, 3.8) is 0 Å². The minimum atomic E-state index is -0.127. The highest BCUT2D eigenvalue weighted by atomic mass is 16.2. The Morgan fingerprint density at radius 3 is 2.63 bits per heavy atom. The largest absolute Gasteiger partial charge is 0.341 e. The van der Waals surface area contributed by atoms with Crippen LogP contribution in [-0.2, 0) is 18.4 Å². The highest BCUT2D eigenvalue weighted by molar-refractivity contribution is 5.81. The summed E-state index contributed by atoms with van der Waals surface area (Å²) in [7, 11) is 1.90. The first-order valence-electron chi connectivity index (χ1n) is 7.16. The van der Waals surface area contributed by atoms with Crippen LogP contribution in [0.1, 0.15) is 38.2 Å². The third-order valence-electron chi connectivity index (χ3n) is 3.66. The van der Waals surface area contributed by atoms with Gasteiger partial charge in [0, 0.05) is 38.4 Å². The highest BCUT2D eigenvalue weighted by Crippen LogP contribution is 2.11. The molecule has 5 heteroatoms. The van der Waals surface area contributed by atoms with Gasteiger partial charge < -0.3 is 10.2 Å². The molecule has 0 spiro atoms. The van der Waals surface area contributed by atoms with Gasteiger partial charge in [0.25, 0.3) is 0 Å². The Labute approximate surface area is 115 Å². The average Bonchev–Trinajstić information content (AvgIpc) is 2.67. The Balaban J connectivity index is 1.81. The second-order valence-electron chi connectivity index (χ2n) is 5.36. The molecule has 1 aliphatic heterocycles. The van der Waals surface area contributed by atoms with Crippen LogP contribution in [0.25, 0.3) is 0 Å². The molecule has 1 aromatic heterocycles. The predicted octanol–water partition coefficient (Wildman–Crippen LogP) is 1.30. The van der Waals surface area contributed by atoms with Crippen LogP contribution < -0.4 is 5.32 Å². The molecule has 1 fully saturated rings. The van der Waals surface area contributed by atoms with Crippen LogP contribution in [0.5, 0.6) is 0 Å². The first-order chi connectivity index (χ1) is 9.16. The topological polar surface area (TPSA) is 50.2 Å². The van der Waals surface area contributed by atoms with E-state index in [0.717, 1.165) is 31.5 Å². The maximum Gasteiger partial charge on any atom is 0.239 e. The van der Waals surface area contributed by atoms with Crippen molar-refractivity contribution in [2.75, 3.05) is 13.1 Å². The van der Waals surface area contributed by atoms with E-state index in [1.807, 2.05) is 31.3 Å². The number of nitrogens with zero attached hydrogens (tertiary/aromatic N) is 3. The van der Waals surface area contributed by atoms with Crippen LogP contribution in [0.4, 0.5) is 0 Å². The molecule has 106 valence electrons. The normalized spacial score (nSPS) is 18.1. The number of rotatable bonds is 4. The molecule has 1 aliphatic rings. The highest BCUT2D eigenvalue weighted by Gasteiger charge is 2.20. The molecule has 0 aliphatic carbocycles. The van der Waals surface area contributed by atoms with Crippen LogP contribution >= 0.6 is 0 Å². The van der Waals surface area contributed by atoms with Crippen molar-refractivity contribution in [1.82, 2.24) is 20.0 Å². The van der Waals surface area contributed by atoms with Crippen LogP contribution in [0.15, 0.2) is 12.4 Å². The summed E-state index contributed by atoms with van der Waals surface area (Å²) in [6.45, 7) is 4.47. The summed E-state index contributed by atoms with van der Waals surface area (Å²) >= 11 is 0. The van der Waals surface area contributed by atoms with E-state index < -0.39 is 0 Å². The van der Waals surface area contributed by atoms with Gasteiger partial charge in [-0.25, -0.2) is 0 Å². The van der Waals surface area contributed by atoms with E-state index in [0.29, 0.717) is 6.54 Å². The number of likely N-dealkylation sites (tertiary alicyclic amines) is 1. The third kappa shape index (κ3) is 4.06. The van der Waals surface area contributed by atoms with Crippen molar-refractivity contribution in [2.24, 2.45) is 7.05 Å². The van der Waals surface area contributed by atoms with Crippen LogP contribution in [-0.4, -0.2) is 39.7 Å². The molecule has 1 aromatic rings. The van der Waals surface area contributed by atoms with Gasteiger partial charge in [-0.2, -0.15) is 5.10 Å². The van der Waals surface area contributed by atoms with Gasteiger partial charge in [0.15, 0.2) is 0 Å². The molecule has 0 aromatic carbocycles. The van der Waals surface area contributed by atoms with Gasteiger partial charge in [-0.3, -0.25) is 9.48 Å². The number of amides is 1. The van der Waals surface area contributed by atoms with Crippen molar-refractivity contribution in [2.45, 2.75) is 45.2 Å². The number of hydrogen-bond acceptors (Lipinski definition) is 3. The number of carbonyl (C=O) groups is 1. The third-order valence-corrected chi connectivity index (χ3v) is 3.66. The van der Waals surface area contributed by atoms with Crippen molar-refractivity contribution < 1.29 is 4.79 Å². The molecule has 1 unspecified atom stereocenters. The van der Waals surface area contributed by atoms with E-state index in [9.17, 15) is 4.79 Å². The van der Waals surface area contributed by atoms with Gasteiger partial charge in [0.05, 0.1) is 12.2 Å². The summed E-state index contributed by atoms with van der Waals surface area (Å²) in [5.74, 6) is 0.228. The summed E-state index contributed by atoms with van der Waals surface area (Å²) in [5, 5.41) is 7.41. The molecule has 1 N–H and O–H groups in total. The van der Waals surface area contributed by atoms with Crippen LogP contribution in [0.2, 0.25) is 0 Å². The quantitative estimate of drug-likeness (QED) is 0.892. The van der Waals surface area contributed by atoms with Crippen molar-refractivity contribution in [3.8, 4) is 0 Å². The zero-order chi connectivity index (χ0) is 13.7. The van der Waals surface area contributed by atoms with Crippen molar-refractivity contribution in [1.29, 1.82) is 0 Å². The second-order valence-corrected chi connectivity index (χ2v) is 5.36. The van der Waals surface area contributed by atoms with E-state index in [2.05, 4.69) is 10.4 Å². The van der Waals surface area contributed by atoms with Crippen molar-refractivity contribution in [3.05, 3.63) is 18.0 Å². The molecule has 0 saturated carbocycles. The summed E-state index contributed by atoms with van der Waals surface area (Å²) in [4.78, 5) is 14.3. The SMILES string of the molecule is CC(NCc1cnn(C)c1)C(=O)N1CCCCCC1. The summed E-state index contributed by atoms with van der Waals surface area (Å²) in [5.41, 5.74) is 1.11. The Bertz CT molecular complexity index is 407. The lowest BCUT2D eigenvalue weighted by Crippen LogP contribution is -2.45. The van der Waals surface area contributed by atoms with Gasteiger partial charge in [0.2, 0.25) is 5.91 Å².